The Morgan fingerprint density at radius 2 is 1.89 bits per heavy atom. The van der Waals surface area contributed by atoms with E-state index in [9.17, 15) is 0 Å². The predicted octanol–water partition coefficient (Wildman–Crippen LogP) is 2.98. The van der Waals surface area contributed by atoms with E-state index in [-0.39, 0.29) is 0 Å². The van der Waals surface area contributed by atoms with Crippen molar-refractivity contribution in [3.8, 4) is 0 Å². The Morgan fingerprint density at radius 3 is 2.63 bits per heavy atom. The van der Waals surface area contributed by atoms with Crippen molar-refractivity contribution in [1.82, 2.24) is 14.7 Å². The molecule has 106 valence electrons. The standard InChI is InChI=1S/C16H27N3/c1-3-14-16(13-8-11-18(2)12-9-13)15-7-5-4-6-10-19(15)17-14/h13H,3-12H2,1-2H3. The van der Waals surface area contributed by atoms with Crippen LogP contribution in [-0.2, 0) is 19.4 Å². The maximum absolute atomic E-state index is 4.93. The van der Waals surface area contributed by atoms with Gasteiger partial charge in [0, 0.05) is 12.2 Å². The van der Waals surface area contributed by atoms with Crippen LogP contribution in [0.2, 0.25) is 0 Å². The molecule has 1 aromatic rings. The van der Waals surface area contributed by atoms with Crippen LogP contribution in [0.4, 0.5) is 0 Å². The second kappa shape index (κ2) is 5.66. The Hall–Kier alpha value is -0.830. The van der Waals surface area contributed by atoms with Crippen molar-refractivity contribution in [2.24, 2.45) is 0 Å². The number of nitrogens with zero attached hydrogens (tertiary/aromatic N) is 3. The third kappa shape index (κ3) is 2.58. The summed E-state index contributed by atoms with van der Waals surface area (Å²) >= 11 is 0. The van der Waals surface area contributed by atoms with Crippen molar-refractivity contribution >= 4 is 0 Å². The first-order valence-corrected chi connectivity index (χ1v) is 8.06. The van der Waals surface area contributed by atoms with Gasteiger partial charge in [-0.2, -0.15) is 5.10 Å². The summed E-state index contributed by atoms with van der Waals surface area (Å²) in [7, 11) is 2.25. The van der Waals surface area contributed by atoms with Crippen molar-refractivity contribution in [3.63, 3.8) is 0 Å². The van der Waals surface area contributed by atoms with Gasteiger partial charge in [-0.25, -0.2) is 0 Å². The zero-order chi connectivity index (χ0) is 13.2. The maximum Gasteiger partial charge on any atom is 0.0659 e. The van der Waals surface area contributed by atoms with Gasteiger partial charge in [0.05, 0.1) is 5.69 Å². The lowest BCUT2D eigenvalue weighted by Gasteiger charge is -2.29. The van der Waals surface area contributed by atoms with Crippen LogP contribution in [0.5, 0.6) is 0 Å². The molecule has 0 aromatic carbocycles. The highest BCUT2D eigenvalue weighted by Crippen LogP contribution is 2.34. The first kappa shape index (κ1) is 13.2. The van der Waals surface area contributed by atoms with Crippen LogP contribution in [0.25, 0.3) is 0 Å². The molecule has 0 unspecified atom stereocenters. The van der Waals surface area contributed by atoms with Gasteiger partial charge >= 0.3 is 0 Å². The third-order valence-electron chi connectivity index (χ3n) is 4.92. The van der Waals surface area contributed by atoms with Gasteiger partial charge in [0.1, 0.15) is 0 Å². The van der Waals surface area contributed by atoms with Crippen LogP contribution in [0, 0.1) is 0 Å². The normalized spacial score (nSPS) is 22.2. The Kier molecular flexibility index (Phi) is 3.92. The van der Waals surface area contributed by atoms with Crippen molar-refractivity contribution < 1.29 is 0 Å². The highest BCUT2D eigenvalue weighted by Gasteiger charge is 2.27. The largest absolute Gasteiger partial charge is 0.306 e. The lowest BCUT2D eigenvalue weighted by molar-refractivity contribution is 0.254. The molecular formula is C16H27N3. The zero-order valence-electron chi connectivity index (χ0n) is 12.5. The number of rotatable bonds is 2. The van der Waals surface area contributed by atoms with E-state index in [1.165, 1.54) is 57.3 Å². The minimum Gasteiger partial charge on any atom is -0.306 e. The molecule has 3 rings (SSSR count). The highest BCUT2D eigenvalue weighted by atomic mass is 15.3. The van der Waals surface area contributed by atoms with E-state index >= 15 is 0 Å². The van der Waals surface area contributed by atoms with Gasteiger partial charge in [-0.15, -0.1) is 0 Å². The Morgan fingerprint density at radius 1 is 1.11 bits per heavy atom. The predicted molar refractivity (Wildman–Crippen MR) is 78.6 cm³/mol. The summed E-state index contributed by atoms with van der Waals surface area (Å²) in [6.45, 7) is 5.91. The van der Waals surface area contributed by atoms with Gasteiger partial charge in [-0.3, -0.25) is 4.68 Å². The fourth-order valence-corrected chi connectivity index (χ4v) is 3.77. The number of fused-ring (bicyclic) bond motifs is 1. The van der Waals surface area contributed by atoms with Gasteiger partial charge in [0.25, 0.3) is 0 Å². The van der Waals surface area contributed by atoms with E-state index in [0.29, 0.717) is 0 Å². The Labute approximate surface area is 117 Å². The van der Waals surface area contributed by atoms with Gasteiger partial charge in [-0.1, -0.05) is 13.3 Å². The van der Waals surface area contributed by atoms with E-state index < -0.39 is 0 Å². The van der Waals surface area contributed by atoms with E-state index in [0.717, 1.165) is 18.9 Å². The van der Waals surface area contributed by atoms with Crippen LogP contribution in [0.15, 0.2) is 0 Å². The van der Waals surface area contributed by atoms with Crippen molar-refractivity contribution in [3.05, 3.63) is 17.0 Å². The molecule has 0 radical (unpaired) electrons. The van der Waals surface area contributed by atoms with Gasteiger partial charge in [0.2, 0.25) is 0 Å². The summed E-state index contributed by atoms with van der Waals surface area (Å²) in [4.78, 5) is 2.46. The zero-order valence-corrected chi connectivity index (χ0v) is 12.5. The quantitative estimate of drug-likeness (QED) is 0.816. The summed E-state index contributed by atoms with van der Waals surface area (Å²) < 4.78 is 2.35. The molecule has 1 fully saturated rings. The van der Waals surface area contributed by atoms with Gasteiger partial charge in [0.15, 0.2) is 0 Å². The molecule has 3 heterocycles. The molecule has 2 aliphatic heterocycles. The van der Waals surface area contributed by atoms with E-state index in [1.54, 1.807) is 11.3 Å². The molecule has 19 heavy (non-hydrogen) atoms. The Balaban J connectivity index is 1.92. The Bertz CT molecular complexity index is 427. The molecular weight excluding hydrogens is 234 g/mol. The molecule has 0 saturated carbocycles. The maximum atomic E-state index is 4.93. The van der Waals surface area contributed by atoms with Crippen molar-refractivity contribution in [2.75, 3.05) is 20.1 Å². The third-order valence-corrected chi connectivity index (χ3v) is 4.92. The fourth-order valence-electron chi connectivity index (χ4n) is 3.77. The summed E-state index contributed by atoms with van der Waals surface area (Å²) in [6.07, 6.45) is 9.04. The summed E-state index contributed by atoms with van der Waals surface area (Å²) in [5.74, 6) is 0.771. The molecule has 0 spiro atoms. The summed E-state index contributed by atoms with van der Waals surface area (Å²) in [6, 6.07) is 0. The van der Waals surface area contributed by atoms with Crippen LogP contribution in [0.1, 0.15) is 61.9 Å². The van der Waals surface area contributed by atoms with Crippen LogP contribution in [-0.4, -0.2) is 34.8 Å². The number of aryl methyl sites for hydroxylation is 2. The molecule has 0 N–H and O–H groups in total. The molecule has 0 amide bonds. The molecule has 2 aliphatic rings. The average molecular weight is 261 g/mol. The first-order chi connectivity index (χ1) is 9.29. The lowest BCUT2D eigenvalue weighted by atomic mass is 9.86. The number of aromatic nitrogens is 2. The molecule has 0 bridgehead atoms. The highest BCUT2D eigenvalue weighted by molar-refractivity contribution is 5.32. The van der Waals surface area contributed by atoms with Crippen LogP contribution < -0.4 is 0 Å². The summed E-state index contributed by atoms with van der Waals surface area (Å²) in [5.41, 5.74) is 4.63. The van der Waals surface area contributed by atoms with Crippen LogP contribution in [0.3, 0.4) is 0 Å². The summed E-state index contributed by atoms with van der Waals surface area (Å²) in [5, 5.41) is 4.93. The monoisotopic (exact) mass is 261 g/mol. The van der Waals surface area contributed by atoms with Crippen molar-refractivity contribution in [2.45, 2.75) is 64.3 Å². The van der Waals surface area contributed by atoms with E-state index in [4.69, 9.17) is 5.10 Å². The number of piperidine rings is 1. The van der Waals surface area contributed by atoms with Gasteiger partial charge in [-0.05, 0) is 70.1 Å². The van der Waals surface area contributed by atoms with Crippen LogP contribution >= 0.6 is 0 Å². The number of likely N-dealkylation sites (tertiary alicyclic amines) is 1. The minimum atomic E-state index is 0.771. The molecule has 0 atom stereocenters. The SMILES string of the molecule is CCc1nn2c(c1C1CCN(C)CC1)CCCCC2. The molecule has 0 aliphatic carbocycles. The van der Waals surface area contributed by atoms with E-state index in [1.807, 2.05) is 0 Å². The second-order valence-corrected chi connectivity index (χ2v) is 6.27. The number of hydrogen-bond donors (Lipinski definition) is 0. The lowest BCUT2D eigenvalue weighted by Crippen LogP contribution is -2.29. The topological polar surface area (TPSA) is 21.1 Å². The molecule has 1 aromatic heterocycles. The smallest absolute Gasteiger partial charge is 0.0659 e. The minimum absolute atomic E-state index is 0.771. The van der Waals surface area contributed by atoms with Gasteiger partial charge < -0.3 is 4.90 Å². The first-order valence-electron chi connectivity index (χ1n) is 8.06. The second-order valence-electron chi connectivity index (χ2n) is 6.27. The molecule has 3 nitrogen and oxygen atoms in total. The molecule has 1 saturated heterocycles. The molecule has 3 heteroatoms. The fraction of sp³-hybridized carbons (Fsp3) is 0.812. The van der Waals surface area contributed by atoms with E-state index in [2.05, 4.69) is 23.6 Å². The number of hydrogen-bond acceptors (Lipinski definition) is 2. The van der Waals surface area contributed by atoms with Crippen molar-refractivity contribution in [1.29, 1.82) is 0 Å². The average Bonchev–Trinajstić information content (AvgIpc) is 2.62.